The van der Waals surface area contributed by atoms with Crippen LogP contribution < -0.4 is 5.32 Å². The van der Waals surface area contributed by atoms with Crippen molar-refractivity contribution in [2.45, 2.75) is 78.8 Å². The first kappa shape index (κ1) is 17.0. The van der Waals surface area contributed by atoms with Gasteiger partial charge in [0.2, 0.25) is 0 Å². The second-order valence-electron chi connectivity index (χ2n) is 7.04. The Kier molecular flexibility index (Phi) is 8.01. The molecule has 19 heavy (non-hydrogen) atoms. The first-order valence-corrected chi connectivity index (χ1v) is 8.52. The number of nitrogens with one attached hydrogen (secondary N) is 1. The zero-order valence-electron chi connectivity index (χ0n) is 13.9. The second-order valence-corrected chi connectivity index (χ2v) is 7.04. The summed E-state index contributed by atoms with van der Waals surface area (Å²) in [5, 5.41) is 3.65. The summed E-state index contributed by atoms with van der Waals surface area (Å²) in [5.41, 5.74) is 0. The van der Waals surface area contributed by atoms with Gasteiger partial charge in [-0.2, -0.15) is 0 Å². The Balaban J connectivity index is 2.65. The molecule has 1 rings (SSSR count). The minimum absolute atomic E-state index is 0.706. The smallest absolute Gasteiger partial charge is 0.0246 e. The molecule has 1 N–H and O–H groups in total. The van der Waals surface area contributed by atoms with Crippen LogP contribution in [-0.4, -0.2) is 36.6 Å². The van der Waals surface area contributed by atoms with E-state index in [4.69, 9.17) is 0 Å². The van der Waals surface area contributed by atoms with Gasteiger partial charge >= 0.3 is 0 Å². The molecule has 1 aliphatic carbocycles. The van der Waals surface area contributed by atoms with Crippen LogP contribution >= 0.6 is 0 Å². The van der Waals surface area contributed by atoms with Crippen LogP contribution in [0.4, 0.5) is 0 Å². The molecule has 0 bridgehead atoms. The quantitative estimate of drug-likeness (QED) is 0.638. The standard InChI is InChI=1S/C17H36N2/c1-6-11-18-12-17(15(4)5)19(13-14(2)3)16-9-7-8-10-16/h14-18H,6-13H2,1-5H3. The fourth-order valence-electron chi connectivity index (χ4n) is 3.38. The molecule has 0 amide bonds. The van der Waals surface area contributed by atoms with Crippen LogP contribution in [-0.2, 0) is 0 Å². The SMILES string of the molecule is CCCNCC(C(C)C)N(CC(C)C)C1CCCC1. The van der Waals surface area contributed by atoms with Gasteiger partial charge in [0.25, 0.3) is 0 Å². The Bertz CT molecular complexity index is 219. The Morgan fingerprint density at radius 3 is 2.21 bits per heavy atom. The minimum atomic E-state index is 0.706. The van der Waals surface area contributed by atoms with Gasteiger partial charge in [-0.3, -0.25) is 4.90 Å². The van der Waals surface area contributed by atoms with E-state index >= 15 is 0 Å². The van der Waals surface area contributed by atoms with Gasteiger partial charge in [0.05, 0.1) is 0 Å². The topological polar surface area (TPSA) is 15.3 Å². The van der Waals surface area contributed by atoms with Crippen molar-refractivity contribution in [1.29, 1.82) is 0 Å². The molecule has 1 saturated carbocycles. The van der Waals surface area contributed by atoms with E-state index in [0.29, 0.717) is 6.04 Å². The fraction of sp³-hybridized carbons (Fsp3) is 1.00. The molecule has 2 heteroatoms. The van der Waals surface area contributed by atoms with Crippen molar-refractivity contribution >= 4 is 0 Å². The Hall–Kier alpha value is -0.0800. The zero-order chi connectivity index (χ0) is 14.3. The van der Waals surface area contributed by atoms with Crippen LogP contribution in [0.2, 0.25) is 0 Å². The molecule has 0 saturated heterocycles. The second kappa shape index (κ2) is 8.97. The van der Waals surface area contributed by atoms with Crippen molar-refractivity contribution in [3.63, 3.8) is 0 Å². The molecule has 0 aromatic rings. The molecular weight excluding hydrogens is 232 g/mol. The molecule has 1 unspecified atom stereocenters. The van der Waals surface area contributed by atoms with E-state index in [1.165, 1.54) is 38.6 Å². The van der Waals surface area contributed by atoms with Gasteiger partial charge in [0.15, 0.2) is 0 Å². The molecule has 0 heterocycles. The van der Waals surface area contributed by atoms with Crippen LogP contribution in [0.3, 0.4) is 0 Å². The third-order valence-electron chi connectivity index (χ3n) is 4.35. The van der Waals surface area contributed by atoms with Crippen molar-refractivity contribution in [3.05, 3.63) is 0 Å². The first-order chi connectivity index (χ1) is 9.06. The fourth-order valence-corrected chi connectivity index (χ4v) is 3.38. The lowest BCUT2D eigenvalue weighted by Gasteiger charge is -2.40. The van der Waals surface area contributed by atoms with Crippen molar-refractivity contribution in [1.82, 2.24) is 10.2 Å². The van der Waals surface area contributed by atoms with Crippen LogP contribution in [0, 0.1) is 11.8 Å². The Labute approximate surface area is 121 Å². The lowest BCUT2D eigenvalue weighted by molar-refractivity contribution is 0.0877. The van der Waals surface area contributed by atoms with E-state index in [9.17, 15) is 0 Å². The minimum Gasteiger partial charge on any atom is -0.315 e. The maximum Gasteiger partial charge on any atom is 0.0246 e. The third-order valence-corrected chi connectivity index (χ3v) is 4.35. The summed E-state index contributed by atoms with van der Waals surface area (Å²) in [5.74, 6) is 1.51. The number of rotatable bonds is 9. The molecule has 1 aliphatic rings. The van der Waals surface area contributed by atoms with Crippen LogP contribution in [0.5, 0.6) is 0 Å². The van der Waals surface area contributed by atoms with Gasteiger partial charge in [0.1, 0.15) is 0 Å². The first-order valence-electron chi connectivity index (χ1n) is 8.52. The van der Waals surface area contributed by atoms with Crippen LogP contribution in [0.15, 0.2) is 0 Å². The van der Waals surface area contributed by atoms with E-state index in [1.54, 1.807) is 0 Å². The molecule has 114 valence electrons. The van der Waals surface area contributed by atoms with E-state index in [0.717, 1.165) is 31.0 Å². The summed E-state index contributed by atoms with van der Waals surface area (Å²) in [7, 11) is 0. The molecule has 0 aromatic heterocycles. The molecule has 0 radical (unpaired) electrons. The zero-order valence-corrected chi connectivity index (χ0v) is 13.9. The highest BCUT2D eigenvalue weighted by atomic mass is 15.2. The van der Waals surface area contributed by atoms with E-state index in [1.807, 2.05) is 0 Å². The Morgan fingerprint density at radius 1 is 1.11 bits per heavy atom. The van der Waals surface area contributed by atoms with Gasteiger partial charge in [0, 0.05) is 25.2 Å². The van der Waals surface area contributed by atoms with Gasteiger partial charge < -0.3 is 5.32 Å². The molecule has 0 aliphatic heterocycles. The maximum absolute atomic E-state index is 3.65. The average molecular weight is 268 g/mol. The molecule has 0 aromatic carbocycles. The number of nitrogens with zero attached hydrogens (tertiary/aromatic N) is 1. The van der Waals surface area contributed by atoms with E-state index < -0.39 is 0 Å². The van der Waals surface area contributed by atoms with E-state index in [-0.39, 0.29) is 0 Å². The highest BCUT2D eigenvalue weighted by Gasteiger charge is 2.30. The highest BCUT2D eigenvalue weighted by Crippen LogP contribution is 2.27. The van der Waals surface area contributed by atoms with Crippen molar-refractivity contribution in [3.8, 4) is 0 Å². The summed E-state index contributed by atoms with van der Waals surface area (Å²) in [6.45, 7) is 15.3. The summed E-state index contributed by atoms with van der Waals surface area (Å²) >= 11 is 0. The maximum atomic E-state index is 3.65. The van der Waals surface area contributed by atoms with Gasteiger partial charge in [-0.25, -0.2) is 0 Å². The number of hydrogen-bond donors (Lipinski definition) is 1. The predicted octanol–water partition coefficient (Wildman–Crippen LogP) is 3.91. The third kappa shape index (κ3) is 5.83. The van der Waals surface area contributed by atoms with Gasteiger partial charge in [-0.15, -0.1) is 0 Å². The largest absolute Gasteiger partial charge is 0.315 e. The van der Waals surface area contributed by atoms with Crippen molar-refractivity contribution in [2.75, 3.05) is 19.6 Å². The lowest BCUT2D eigenvalue weighted by atomic mass is 9.98. The summed E-state index contributed by atoms with van der Waals surface area (Å²) < 4.78 is 0. The van der Waals surface area contributed by atoms with Crippen LogP contribution in [0.1, 0.15) is 66.7 Å². The molecule has 1 fully saturated rings. The summed E-state index contributed by atoms with van der Waals surface area (Å²) in [4.78, 5) is 2.84. The van der Waals surface area contributed by atoms with Crippen LogP contribution in [0.25, 0.3) is 0 Å². The monoisotopic (exact) mass is 268 g/mol. The highest BCUT2D eigenvalue weighted by molar-refractivity contribution is 4.86. The average Bonchev–Trinajstić information content (AvgIpc) is 2.85. The molecule has 2 nitrogen and oxygen atoms in total. The van der Waals surface area contributed by atoms with Crippen molar-refractivity contribution in [2.24, 2.45) is 11.8 Å². The normalized spacial score (nSPS) is 18.9. The van der Waals surface area contributed by atoms with Gasteiger partial charge in [-0.1, -0.05) is 47.5 Å². The number of hydrogen-bond acceptors (Lipinski definition) is 2. The molecular formula is C17H36N2. The van der Waals surface area contributed by atoms with Crippen molar-refractivity contribution < 1.29 is 0 Å². The molecule has 1 atom stereocenters. The summed E-state index contributed by atoms with van der Waals surface area (Å²) in [6, 6.07) is 1.55. The van der Waals surface area contributed by atoms with Gasteiger partial charge in [-0.05, 0) is 37.6 Å². The summed E-state index contributed by atoms with van der Waals surface area (Å²) in [6.07, 6.45) is 6.95. The Morgan fingerprint density at radius 2 is 1.74 bits per heavy atom. The predicted molar refractivity (Wildman–Crippen MR) is 85.6 cm³/mol. The van der Waals surface area contributed by atoms with E-state index in [2.05, 4.69) is 44.8 Å². The lowest BCUT2D eigenvalue weighted by Crippen LogP contribution is -2.51. The molecule has 0 spiro atoms.